The molecule has 1 aliphatic heterocycles. The molecule has 0 aliphatic carbocycles. The van der Waals surface area contributed by atoms with Crippen molar-refractivity contribution < 1.29 is 4.74 Å². The van der Waals surface area contributed by atoms with Gasteiger partial charge in [-0.25, -0.2) is 19.6 Å². The summed E-state index contributed by atoms with van der Waals surface area (Å²) in [6, 6.07) is 5.77. The SMILES string of the molecule is Cn1c(-c2ccncc2)nc2c(N3CCOCC3)nc(-n3ccc(-c4cncnc4)n3)nc21. The molecule has 11 heteroatoms. The molecule has 1 saturated heterocycles. The molecular weight excluding hydrogens is 420 g/mol. The highest BCUT2D eigenvalue weighted by molar-refractivity contribution is 5.87. The number of aryl methyl sites for hydroxylation is 1. The third kappa shape index (κ3) is 3.48. The van der Waals surface area contributed by atoms with Crippen LogP contribution in [-0.4, -0.2) is 70.6 Å². The van der Waals surface area contributed by atoms with Crippen molar-refractivity contribution in [3.05, 3.63) is 55.5 Å². The number of aromatic nitrogens is 9. The van der Waals surface area contributed by atoms with E-state index in [-0.39, 0.29) is 0 Å². The average molecular weight is 440 g/mol. The van der Waals surface area contributed by atoms with Gasteiger partial charge in [-0.1, -0.05) is 0 Å². The Balaban J connectivity index is 1.52. The van der Waals surface area contributed by atoms with Gasteiger partial charge in [-0.05, 0) is 18.2 Å². The summed E-state index contributed by atoms with van der Waals surface area (Å²) in [5.41, 5.74) is 4.01. The molecule has 0 radical (unpaired) electrons. The van der Waals surface area contributed by atoms with Gasteiger partial charge in [-0.15, -0.1) is 0 Å². The topological polar surface area (TPSA) is 113 Å². The Kier molecular flexibility index (Phi) is 4.73. The summed E-state index contributed by atoms with van der Waals surface area (Å²) in [7, 11) is 1.96. The second kappa shape index (κ2) is 8.02. The van der Waals surface area contributed by atoms with E-state index in [1.54, 1.807) is 29.5 Å². The van der Waals surface area contributed by atoms with E-state index < -0.39 is 0 Å². The number of hydrogen-bond donors (Lipinski definition) is 0. The van der Waals surface area contributed by atoms with Crippen LogP contribution < -0.4 is 4.90 Å². The van der Waals surface area contributed by atoms with Gasteiger partial charge in [0.05, 0.1) is 18.9 Å². The monoisotopic (exact) mass is 440 g/mol. The number of morpholine rings is 1. The number of rotatable bonds is 4. The van der Waals surface area contributed by atoms with Crippen molar-refractivity contribution in [1.82, 2.24) is 44.3 Å². The first-order valence-electron chi connectivity index (χ1n) is 10.6. The normalized spacial score (nSPS) is 14.2. The third-order valence-corrected chi connectivity index (χ3v) is 5.59. The molecule has 1 fully saturated rings. The molecule has 0 N–H and O–H groups in total. The molecule has 33 heavy (non-hydrogen) atoms. The molecule has 6 heterocycles. The highest BCUT2D eigenvalue weighted by Gasteiger charge is 2.23. The van der Waals surface area contributed by atoms with E-state index in [9.17, 15) is 0 Å². The van der Waals surface area contributed by atoms with E-state index in [2.05, 4.69) is 25.0 Å². The largest absolute Gasteiger partial charge is 0.378 e. The lowest BCUT2D eigenvalue weighted by atomic mass is 10.2. The van der Waals surface area contributed by atoms with Crippen molar-refractivity contribution in [3.63, 3.8) is 0 Å². The summed E-state index contributed by atoms with van der Waals surface area (Å²) in [5.74, 6) is 2.04. The number of hydrogen-bond acceptors (Lipinski definition) is 9. The Morgan fingerprint density at radius 3 is 2.45 bits per heavy atom. The van der Waals surface area contributed by atoms with Gasteiger partial charge in [0.1, 0.15) is 12.2 Å². The van der Waals surface area contributed by atoms with Crippen molar-refractivity contribution >= 4 is 17.0 Å². The van der Waals surface area contributed by atoms with E-state index in [0.717, 1.165) is 52.7 Å². The molecule has 6 rings (SSSR count). The Labute approximate surface area is 188 Å². The fourth-order valence-corrected chi connectivity index (χ4v) is 3.91. The lowest BCUT2D eigenvalue weighted by molar-refractivity contribution is 0.122. The first-order valence-corrected chi connectivity index (χ1v) is 10.6. The smallest absolute Gasteiger partial charge is 0.254 e. The van der Waals surface area contributed by atoms with E-state index in [0.29, 0.717) is 19.2 Å². The lowest BCUT2D eigenvalue weighted by Gasteiger charge is -2.28. The minimum Gasteiger partial charge on any atom is -0.378 e. The molecule has 5 aromatic heterocycles. The van der Waals surface area contributed by atoms with Gasteiger partial charge in [-0.3, -0.25) is 4.98 Å². The fraction of sp³-hybridized carbons (Fsp3) is 0.227. The third-order valence-electron chi connectivity index (χ3n) is 5.59. The molecule has 1 aliphatic rings. The summed E-state index contributed by atoms with van der Waals surface area (Å²) < 4.78 is 9.20. The molecule has 5 aromatic rings. The number of ether oxygens (including phenoxy) is 1. The molecule has 0 bridgehead atoms. The standard InChI is InChI=1S/C22H20N10O/c1-30-19(15-2-5-23-6-3-15)26-18-20(30)27-22(28-21(18)31-8-10-33-11-9-31)32-7-4-17(29-32)16-12-24-14-25-13-16/h2-7,12-14H,8-11H2,1H3. The number of imidazole rings is 1. The molecule has 0 spiro atoms. The van der Waals surface area contributed by atoms with Crippen LogP contribution in [0.15, 0.2) is 55.5 Å². The van der Waals surface area contributed by atoms with Gasteiger partial charge in [0, 0.05) is 62.2 Å². The van der Waals surface area contributed by atoms with Crippen LogP contribution in [0.3, 0.4) is 0 Å². The van der Waals surface area contributed by atoms with Crippen LogP contribution in [0.4, 0.5) is 5.82 Å². The van der Waals surface area contributed by atoms with Crippen molar-refractivity contribution in [1.29, 1.82) is 0 Å². The molecule has 0 unspecified atom stereocenters. The summed E-state index contributed by atoms with van der Waals surface area (Å²) >= 11 is 0. The zero-order chi connectivity index (χ0) is 22.2. The Morgan fingerprint density at radius 2 is 1.67 bits per heavy atom. The minimum atomic E-state index is 0.469. The van der Waals surface area contributed by atoms with Gasteiger partial charge >= 0.3 is 0 Å². The quantitative estimate of drug-likeness (QED) is 0.413. The van der Waals surface area contributed by atoms with Crippen LogP contribution in [0.5, 0.6) is 0 Å². The van der Waals surface area contributed by atoms with E-state index in [4.69, 9.17) is 19.7 Å². The summed E-state index contributed by atoms with van der Waals surface area (Å²) in [6.07, 6.45) is 10.3. The molecular formula is C22H20N10O. The molecule has 0 aromatic carbocycles. The zero-order valence-corrected chi connectivity index (χ0v) is 17.9. The maximum atomic E-state index is 5.55. The number of fused-ring (bicyclic) bond motifs is 1. The maximum absolute atomic E-state index is 5.55. The van der Waals surface area contributed by atoms with Gasteiger partial charge in [0.15, 0.2) is 17.0 Å². The average Bonchev–Trinajstić information content (AvgIpc) is 3.51. The molecule has 11 nitrogen and oxygen atoms in total. The van der Waals surface area contributed by atoms with E-state index in [1.165, 1.54) is 6.33 Å². The predicted molar refractivity (Wildman–Crippen MR) is 121 cm³/mol. The lowest BCUT2D eigenvalue weighted by Crippen LogP contribution is -2.37. The Bertz CT molecular complexity index is 1410. The minimum absolute atomic E-state index is 0.469. The van der Waals surface area contributed by atoms with Gasteiger partial charge in [0.2, 0.25) is 0 Å². The fourth-order valence-electron chi connectivity index (χ4n) is 3.91. The van der Waals surface area contributed by atoms with Gasteiger partial charge in [0.25, 0.3) is 5.95 Å². The highest BCUT2D eigenvalue weighted by Crippen LogP contribution is 2.29. The molecule has 0 amide bonds. The summed E-state index contributed by atoms with van der Waals surface area (Å²) in [6.45, 7) is 2.76. The number of anilines is 1. The summed E-state index contributed by atoms with van der Waals surface area (Å²) in [4.78, 5) is 29.1. The second-order valence-corrected chi connectivity index (χ2v) is 7.62. The van der Waals surface area contributed by atoms with E-state index in [1.807, 2.05) is 36.0 Å². The second-order valence-electron chi connectivity index (χ2n) is 7.62. The van der Waals surface area contributed by atoms with Crippen LogP contribution in [-0.2, 0) is 11.8 Å². The predicted octanol–water partition coefficient (Wildman–Crippen LogP) is 1.90. The zero-order valence-electron chi connectivity index (χ0n) is 17.9. The first-order chi connectivity index (χ1) is 16.3. The van der Waals surface area contributed by atoms with Crippen LogP contribution in [0.25, 0.3) is 39.8 Å². The van der Waals surface area contributed by atoms with Crippen LogP contribution in [0.2, 0.25) is 0 Å². The Morgan fingerprint density at radius 1 is 0.879 bits per heavy atom. The molecule has 0 saturated carbocycles. The molecule has 0 atom stereocenters. The van der Waals surface area contributed by atoms with Crippen LogP contribution in [0, 0.1) is 0 Å². The van der Waals surface area contributed by atoms with E-state index >= 15 is 0 Å². The van der Waals surface area contributed by atoms with Gasteiger partial charge in [-0.2, -0.15) is 15.1 Å². The van der Waals surface area contributed by atoms with Gasteiger partial charge < -0.3 is 14.2 Å². The first kappa shape index (κ1) is 19.4. The van der Waals surface area contributed by atoms with Crippen molar-refractivity contribution in [3.8, 4) is 28.6 Å². The summed E-state index contributed by atoms with van der Waals surface area (Å²) in [5, 5.41) is 4.67. The van der Waals surface area contributed by atoms with Crippen LogP contribution >= 0.6 is 0 Å². The Hall–Kier alpha value is -4.25. The van der Waals surface area contributed by atoms with Crippen molar-refractivity contribution in [2.45, 2.75) is 0 Å². The number of pyridine rings is 1. The maximum Gasteiger partial charge on any atom is 0.254 e. The van der Waals surface area contributed by atoms with Crippen molar-refractivity contribution in [2.24, 2.45) is 7.05 Å². The van der Waals surface area contributed by atoms with Crippen molar-refractivity contribution in [2.75, 3.05) is 31.2 Å². The number of nitrogens with zero attached hydrogens (tertiary/aromatic N) is 10. The molecule has 164 valence electrons. The highest BCUT2D eigenvalue weighted by atomic mass is 16.5. The van der Waals surface area contributed by atoms with Crippen LogP contribution in [0.1, 0.15) is 0 Å².